The van der Waals surface area contributed by atoms with E-state index >= 15 is 0 Å². The highest BCUT2D eigenvalue weighted by molar-refractivity contribution is 6.06. The molecule has 18 nitrogen and oxygen atoms in total. The first-order chi connectivity index (χ1) is 37.3. The molecular weight excluding hydrogens is 1050 g/mol. The fraction of sp³-hybridized carbons (Fsp3) is 0.407. The molecule has 8 aromatic rings. The van der Waals surface area contributed by atoms with Crippen molar-refractivity contribution in [2.75, 3.05) is 36.0 Å². The topological polar surface area (TPSA) is 222 Å². The van der Waals surface area contributed by atoms with Crippen LogP contribution in [0.5, 0.6) is 0 Å². The van der Waals surface area contributed by atoms with Gasteiger partial charge >= 0.3 is 18.2 Å². The molecule has 2 aliphatic heterocycles. The summed E-state index contributed by atoms with van der Waals surface area (Å²) < 4.78 is 40.9. The lowest BCUT2D eigenvalue weighted by Crippen LogP contribution is -2.49. The number of carbonyl (C=O) groups is 2. The molecule has 10 rings (SSSR count). The van der Waals surface area contributed by atoms with Crippen molar-refractivity contribution < 1.29 is 37.8 Å². The summed E-state index contributed by atoms with van der Waals surface area (Å²) in [5, 5.41) is 14.0. The molecule has 424 valence electrons. The van der Waals surface area contributed by atoms with Crippen LogP contribution in [0.25, 0.3) is 43.9 Å². The van der Waals surface area contributed by atoms with Gasteiger partial charge in [0.05, 0.1) is 29.7 Å². The number of carbonyl (C=O) groups excluding carboxylic acids is 3. The summed E-state index contributed by atoms with van der Waals surface area (Å²) in [4.78, 5) is 82.2. The molecule has 0 saturated carbocycles. The van der Waals surface area contributed by atoms with E-state index in [-0.39, 0.29) is 77.5 Å². The number of aryl methyl sites for hydroxylation is 4. The number of benzene rings is 4. The van der Waals surface area contributed by atoms with E-state index in [0.29, 0.717) is 64.5 Å². The third kappa shape index (κ3) is 12.6. The van der Waals surface area contributed by atoms with E-state index in [9.17, 15) is 33.1 Å². The summed E-state index contributed by atoms with van der Waals surface area (Å²) in [6, 6.07) is 20.1. The second kappa shape index (κ2) is 23.8. The van der Waals surface area contributed by atoms with Crippen LogP contribution in [0, 0.1) is 25.5 Å². The number of aromatic nitrogens is 6. The lowest BCUT2D eigenvalue weighted by molar-refractivity contribution is -0.191. The van der Waals surface area contributed by atoms with Gasteiger partial charge in [0.25, 0.3) is 11.1 Å². The van der Waals surface area contributed by atoms with Gasteiger partial charge in [0.2, 0.25) is 11.9 Å². The van der Waals surface area contributed by atoms with E-state index in [4.69, 9.17) is 30.0 Å². The quantitative estimate of drug-likeness (QED) is 0.129. The number of alkyl carbamates (subject to hydrolysis) is 1. The number of aromatic carboxylic acids is 1. The van der Waals surface area contributed by atoms with Crippen molar-refractivity contribution in [3.63, 3.8) is 0 Å². The number of nitrogens with two attached hydrogens (primary N) is 1. The van der Waals surface area contributed by atoms with Crippen molar-refractivity contribution in [1.82, 2.24) is 33.6 Å². The summed E-state index contributed by atoms with van der Waals surface area (Å²) in [6.45, 7) is 19.0. The van der Waals surface area contributed by atoms with Gasteiger partial charge in [0.15, 0.2) is 0 Å². The highest BCUT2D eigenvalue weighted by Crippen LogP contribution is 2.34. The Hall–Kier alpha value is -7.93. The van der Waals surface area contributed by atoms with E-state index < -0.39 is 17.7 Å². The van der Waals surface area contributed by atoms with Crippen LogP contribution < -0.4 is 32.0 Å². The molecule has 0 radical (unpaired) electrons. The molecule has 4 aromatic heterocycles. The highest BCUT2D eigenvalue weighted by Gasteiger charge is 2.31. The average Bonchev–Trinajstić information content (AvgIpc) is 4.18. The maximum atomic E-state index is 14.4. The van der Waals surface area contributed by atoms with Gasteiger partial charge in [0, 0.05) is 63.1 Å². The Balaban J connectivity index is 0.000000222. The van der Waals surface area contributed by atoms with Gasteiger partial charge < -0.3 is 49.0 Å². The Kier molecular flexibility index (Phi) is 17.8. The van der Waals surface area contributed by atoms with Crippen molar-refractivity contribution in [1.29, 1.82) is 0 Å². The zero-order valence-electron chi connectivity index (χ0n) is 46.8. The lowest BCUT2D eigenvalue weighted by Gasteiger charge is -2.34. The number of amides is 1. The number of nitrogens with zero attached hydrogens (tertiary/aromatic N) is 8. The van der Waals surface area contributed by atoms with Gasteiger partial charge in [0.1, 0.15) is 39.3 Å². The molecule has 0 bridgehead atoms. The van der Waals surface area contributed by atoms with Crippen LogP contribution in [0.3, 0.4) is 0 Å². The molecule has 0 aliphatic carbocycles. The monoisotopic (exact) mass is 1120 g/mol. The minimum absolute atomic E-state index is 0. The Labute approximate surface area is 467 Å². The largest absolute Gasteiger partial charge is 0.478 e. The third-order valence-electron chi connectivity index (χ3n) is 14.7. The number of anilines is 2. The van der Waals surface area contributed by atoms with E-state index in [1.54, 1.807) is 36.9 Å². The summed E-state index contributed by atoms with van der Waals surface area (Å²) in [7, 11) is 3.42. The molecule has 2 saturated heterocycles. The average molecular weight is 1120 g/mol. The first-order valence-electron chi connectivity index (χ1n) is 26.3. The standard InChI is InChI=1S/C33H42FN5O3.C25H26FN5O3.CO2.ClH/c1-20-11-13-23(34)16-21(20)18-39-28-27(25-14-12-22(32(2,3)4)17-26(25)37(8)29(28)40)36-30(39)38-15-9-10-24(19-38)35-31(41)42-33(5,6)7;1-14-5-7-17(26)10-16(14)12-31-22-21(28-25(31)30-9-3-4-18(27)13-30)19-8-6-15(24(33)34)11-20(19)29(2)23(22)32;2-1-3;/h11-14,16-17,24H,9-10,15,18-19H2,1-8H3,(H,35,41);5-8,10-11,18H,3-4,9,12-13,27H2,1-2H3,(H,33,34);;1H/t24-;18-;;/m11../s1. The Bertz CT molecular complexity index is 3830. The third-order valence-corrected chi connectivity index (χ3v) is 14.7. The van der Waals surface area contributed by atoms with Gasteiger partial charge in [-0.1, -0.05) is 45.0 Å². The van der Waals surface area contributed by atoms with Crippen LogP contribution in [0.2, 0.25) is 0 Å². The number of hydrogen-bond donors (Lipinski definition) is 3. The predicted molar refractivity (Wildman–Crippen MR) is 307 cm³/mol. The molecule has 2 atom stereocenters. The van der Waals surface area contributed by atoms with Gasteiger partial charge in [-0.25, -0.2) is 28.3 Å². The minimum Gasteiger partial charge on any atom is -0.478 e. The molecule has 4 aromatic carbocycles. The maximum absolute atomic E-state index is 14.4. The summed E-state index contributed by atoms with van der Waals surface area (Å²) in [5.74, 6) is -0.487. The predicted octanol–water partition coefficient (Wildman–Crippen LogP) is 9.02. The molecule has 0 unspecified atom stereocenters. The molecule has 2 fully saturated rings. The molecule has 6 heterocycles. The summed E-state index contributed by atoms with van der Waals surface area (Å²) >= 11 is 0. The van der Waals surface area contributed by atoms with Crippen LogP contribution in [0.1, 0.15) is 105 Å². The van der Waals surface area contributed by atoms with Crippen molar-refractivity contribution in [2.45, 2.75) is 117 Å². The number of fused-ring (bicyclic) bond motifs is 6. The summed E-state index contributed by atoms with van der Waals surface area (Å²) in [5.41, 5.74) is 13.0. The first kappa shape index (κ1) is 59.7. The Morgan fingerprint density at radius 3 is 1.68 bits per heavy atom. The van der Waals surface area contributed by atoms with Crippen molar-refractivity contribution in [3.8, 4) is 0 Å². The second-order valence-corrected chi connectivity index (χ2v) is 22.6. The minimum atomic E-state index is -1.07. The zero-order chi connectivity index (χ0) is 57.4. The Morgan fingerprint density at radius 1 is 0.725 bits per heavy atom. The lowest BCUT2D eigenvalue weighted by atomic mass is 9.86. The number of carboxylic acid groups (broad SMARTS) is 1. The molecular formula is C59H69ClF2N10O8. The summed E-state index contributed by atoms with van der Waals surface area (Å²) in [6.07, 6.45) is 3.26. The van der Waals surface area contributed by atoms with Crippen LogP contribution in [-0.2, 0) is 46.9 Å². The number of rotatable bonds is 8. The van der Waals surface area contributed by atoms with Crippen LogP contribution in [0.4, 0.5) is 25.5 Å². The fourth-order valence-electron chi connectivity index (χ4n) is 10.5. The molecule has 21 heteroatoms. The molecule has 1 amide bonds. The van der Waals surface area contributed by atoms with E-state index in [2.05, 4.69) is 54.1 Å². The first-order valence-corrected chi connectivity index (χ1v) is 26.3. The normalized spacial score (nSPS) is 15.7. The zero-order valence-corrected chi connectivity index (χ0v) is 47.6. The highest BCUT2D eigenvalue weighted by atomic mass is 35.5. The molecule has 4 N–H and O–H groups in total. The number of pyridine rings is 2. The second-order valence-electron chi connectivity index (χ2n) is 22.6. The maximum Gasteiger partial charge on any atom is 0.407 e. The van der Waals surface area contributed by atoms with E-state index in [0.717, 1.165) is 70.9 Å². The number of hydrogen-bond acceptors (Lipinski definition) is 12. The number of piperidine rings is 2. The smallest absolute Gasteiger partial charge is 0.407 e. The van der Waals surface area contributed by atoms with Crippen molar-refractivity contribution in [2.24, 2.45) is 19.8 Å². The molecule has 0 spiro atoms. The van der Waals surface area contributed by atoms with E-state index in [1.165, 1.54) is 41.0 Å². The van der Waals surface area contributed by atoms with E-state index in [1.807, 2.05) is 43.8 Å². The van der Waals surface area contributed by atoms with Crippen molar-refractivity contribution >= 4 is 86.4 Å². The van der Waals surface area contributed by atoms with Crippen LogP contribution in [-0.4, -0.2) is 95.4 Å². The van der Waals surface area contributed by atoms with Gasteiger partial charge in [-0.3, -0.25) is 9.59 Å². The van der Waals surface area contributed by atoms with Crippen molar-refractivity contribution in [3.05, 3.63) is 139 Å². The van der Waals surface area contributed by atoms with Gasteiger partial charge in [-0.15, -0.1) is 12.4 Å². The number of imidazole rings is 2. The SMILES string of the molecule is Cc1ccc(F)cc1Cn1c(N2CCC[C@@H](N)C2)nc2c3ccc(C(=O)O)cc3n(C)c(=O)c21.Cc1ccc(F)cc1Cn1c(N2CCC[C@@H](NC(=O)OC(C)(C)C)C2)nc2c3ccc(C(C)(C)C)cc3n(C)c(=O)c21.Cl.O=C=O. The van der Waals surface area contributed by atoms with Gasteiger partial charge in [-0.2, -0.15) is 9.59 Å². The number of halogens is 3. The molecule has 80 heavy (non-hydrogen) atoms. The fourth-order valence-corrected chi connectivity index (χ4v) is 10.5. The number of ether oxygens (including phenoxy) is 1. The van der Waals surface area contributed by atoms with Gasteiger partial charge in [-0.05, 0) is 142 Å². The van der Waals surface area contributed by atoms with Crippen LogP contribution in [0.15, 0.2) is 82.4 Å². The molecule has 2 aliphatic rings. The Morgan fingerprint density at radius 2 is 1.20 bits per heavy atom. The van der Waals surface area contributed by atoms with Crippen LogP contribution >= 0.6 is 12.4 Å². The number of carboxylic acids is 1. The number of nitrogens with one attached hydrogen (secondary N) is 1.